The number of pyridine rings is 1. The van der Waals surface area contributed by atoms with E-state index in [1.807, 2.05) is 6.07 Å². The van der Waals surface area contributed by atoms with E-state index in [1.165, 1.54) is 0 Å². The lowest BCUT2D eigenvalue weighted by atomic mass is 9.95. The number of aromatic nitrogens is 1. The maximum Gasteiger partial charge on any atom is 0.416 e. The minimum atomic E-state index is -4.65. The molecule has 1 saturated heterocycles. The zero-order chi connectivity index (χ0) is 21.0. The van der Waals surface area contributed by atoms with Crippen molar-refractivity contribution in [1.82, 2.24) is 10.3 Å². The van der Waals surface area contributed by atoms with Gasteiger partial charge in [0.25, 0.3) is 5.69 Å². The first-order valence-corrected chi connectivity index (χ1v) is 9.04. The van der Waals surface area contributed by atoms with Crippen LogP contribution in [0.2, 0.25) is 0 Å². The number of hydrogen-bond donors (Lipinski definition) is 1. The molecule has 1 amide bonds. The number of halogens is 3. The Morgan fingerprint density at radius 2 is 1.97 bits per heavy atom. The molecule has 0 radical (unpaired) electrons. The number of hydrogen-bond acceptors (Lipinski definition) is 5. The summed E-state index contributed by atoms with van der Waals surface area (Å²) in [5, 5.41) is 14.1. The van der Waals surface area contributed by atoms with Gasteiger partial charge in [-0.2, -0.15) is 13.2 Å². The van der Waals surface area contributed by atoms with E-state index in [2.05, 4.69) is 10.3 Å². The third kappa shape index (κ3) is 5.01. The second-order valence-electron chi connectivity index (χ2n) is 6.76. The Kier molecular flexibility index (Phi) is 6.00. The number of amides is 1. The van der Waals surface area contributed by atoms with Crippen LogP contribution in [-0.2, 0) is 17.5 Å². The Morgan fingerprint density at radius 1 is 1.24 bits per heavy atom. The number of benzene rings is 1. The van der Waals surface area contributed by atoms with Crippen molar-refractivity contribution in [1.29, 1.82) is 0 Å². The highest BCUT2D eigenvalue weighted by Crippen LogP contribution is 2.37. The summed E-state index contributed by atoms with van der Waals surface area (Å²) < 4.78 is 38.6. The maximum absolute atomic E-state index is 12.9. The van der Waals surface area contributed by atoms with Gasteiger partial charge in [-0.3, -0.25) is 19.9 Å². The number of rotatable bonds is 5. The van der Waals surface area contributed by atoms with E-state index in [0.29, 0.717) is 38.5 Å². The van der Waals surface area contributed by atoms with Crippen molar-refractivity contribution in [2.45, 2.75) is 25.6 Å². The maximum atomic E-state index is 12.9. The molecule has 154 valence electrons. The molecule has 1 N–H and O–H groups in total. The number of nitro groups is 1. The molecule has 0 bridgehead atoms. The molecule has 2 heterocycles. The van der Waals surface area contributed by atoms with Crippen LogP contribution < -0.4 is 10.2 Å². The van der Waals surface area contributed by atoms with E-state index in [1.54, 1.807) is 23.2 Å². The lowest BCUT2D eigenvalue weighted by Gasteiger charge is -2.32. The summed E-state index contributed by atoms with van der Waals surface area (Å²) in [5.74, 6) is -0.388. The minimum Gasteiger partial charge on any atom is -0.366 e. The second kappa shape index (κ2) is 8.46. The highest BCUT2D eigenvalue weighted by atomic mass is 19.4. The summed E-state index contributed by atoms with van der Waals surface area (Å²) in [6.07, 6.45) is -2.11. The van der Waals surface area contributed by atoms with Crippen LogP contribution >= 0.6 is 0 Å². The van der Waals surface area contributed by atoms with Gasteiger partial charge in [-0.15, -0.1) is 0 Å². The summed E-state index contributed by atoms with van der Waals surface area (Å²) in [4.78, 5) is 28.6. The van der Waals surface area contributed by atoms with Gasteiger partial charge in [0.1, 0.15) is 5.69 Å². The van der Waals surface area contributed by atoms with Crippen LogP contribution in [0.4, 0.5) is 24.5 Å². The number of nitrogens with one attached hydrogen (secondary N) is 1. The summed E-state index contributed by atoms with van der Waals surface area (Å²) >= 11 is 0. The van der Waals surface area contributed by atoms with Crippen LogP contribution in [0.15, 0.2) is 42.6 Å². The molecule has 10 heteroatoms. The average Bonchev–Trinajstić information content (AvgIpc) is 2.71. The summed E-state index contributed by atoms with van der Waals surface area (Å²) in [6.45, 7) is 0.992. The van der Waals surface area contributed by atoms with Crippen LogP contribution in [-0.4, -0.2) is 28.9 Å². The number of nitrogens with zero attached hydrogens (tertiary/aromatic N) is 3. The Hall–Kier alpha value is -3.17. The van der Waals surface area contributed by atoms with Crippen molar-refractivity contribution >= 4 is 17.3 Å². The van der Waals surface area contributed by atoms with Crippen LogP contribution in [0.3, 0.4) is 0 Å². The fraction of sp³-hybridized carbons (Fsp3) is 0.368. The van der Waals surface area contributed by atoms with Gasteiger partial charge >= 0.3 is 6.18 Å². The van der Waals surface area contributed by atoms with Crippen molar-refractivity contribution < 1.29 is 22.9 Å². The zero-order valence-electron chi connectivity index (χ0n) is 15.4. The van der Waals surface area contributed by atoms with E-state index in [9.17, 15) is 28.1 Å². The molecule has 1 aliphatic heterocycles. The molecule has 1 fully saturated rings. The third-order valence-electron chi connectivity index (χ3n) is 4.88. The predicted octanol–water partition coefficient (Wildman–Crippen LogP) is 3.54. The molecule has 1 aliphatic rings. The Balaban J connectivity index is 1.63. The van der Waals surface area contributed by atoms with Gasteiger partial charge in [0, 0.05) is 31.3 Å². The first kappa shape index (κ1) is 20.6. The van der Waals surface area contributed by atoms with Gasteiger partial charge in [-0.05, 0) is 37.1 Å². The van der Waals surface area contributed by atoms with Gasteiger partial charge in [0.05, 0.1) is 22.7 Å². The van der Waals surface area contributed by atoms with Gasteiger partial charge in [0.15, 0.2) is 0 Å². The fourth-order valence-corrected chi connectivity index (χ4v) is 3.32. The molecule has 1 aromatic carbocycles. The van der Waals surface area contributed by atoms with Crippen molar-refractivity contribution in [2.24, 2.45) is 5.92 Å². The van der Waals surface area contributed by atoms with Crippen LogP contribution in [0.1, 0.15) is 24.1 Å². The average molecular weight is 408 g/mol. The number of alkyl halides is 3. The standard InChI is InChI=1S/C19H19F3N4O3/c20-19(21,22)14-4-5-16(17(11-14)26(28)29)25-9-6-13(7-10-25)18(27)24-12-15-3-1-2-8-23-15/h1-5,8,11,13H,6-7,9-10,12H2,(H,24,27). The Labute approximate surface area is 164 Å². The van der Waals surface area contributed by atoms with Gasteiger partial charge < -0.3 is 10.2 Å². The first-order chi connectivity index (χ1) is 13.8. The molecule has 7 nitrogen and oxygen atoms in total. The predicted molar refractivity (Wildman–Crippen MR) is 99.1 cm³/mol. The minimum absolute atomic E-state index is 0.128. The normalized spacial score (nSPS) is 15.2. The number of nitro benzene ring substituents is 1. The summed E-state index contributed by atoms with van der Waals surface area (Å²) in [6, 6.07) is 7.93. The molecule has 0 spiro atoms. The molecule has 0 aliphatic carbocycles. The van der Waals surface area contributed by atoms with Crippen molar-refractivity contribution in [3.8, 4) is 0 Å². The quantitative estimate of drug-likeness (QED) is 0.604. The van der Waals surface area contributed by atoms with Crippen LogP contribution in [0.5, 0.6) is 0 Å². The molecule has 0 atom stereocenters. The van der Waals surface area contributed by atoms with E-state index in [-0.39, 0.29) is 17.5 Å². The van der Waals surface area contributed by atoms with Gasteiger partial charge in [-0.1, -0.05) is 6.07 Å². The molecule has 0 unspecified atom stereocenters. The highest BCUT2D eigenvalue weighted by Gasteiger charge is 2.34. The number of piperidine rings is 1. The molecule has 3 rings (SSSR count). The molecule has 29 heavy (non-hydrogen) atoms. The molecular weight excluding hydrogens is 389 g/mol. The zero-order valence-corrected chi connectivity index (χ0v) is 15.4. The van der Waals surface area contributed by atoms with E-state index >= 15 is 0 Å². The van der Waals surface area contributed by atoms with Gasteiger partial charge in [0.2, 0.25) is 5.91 Å². The lowest BCUT2D eigenvalue weighted by molar-refractivity contribution is -0.384. The topological polar surface area (TPSA) is 88.4 Å². The van der Waals surface area contributed by atoms with Crippen LogP contribution in [0.25, 0.3) is 0 Å². The number of carbonyl (C=O) groups is 1. The van der Waals surface area contributed by atoms with E-state index in [4.69, 9.17) is 0 Å². The summed E-state index contributed by atoms with van der Waals surface area (Å²) in [5.41, 5.74) is -0.774. The lowest BCUT2D eigenvalue weighted by Crippen LogP contribution is -2.40. The Bertz CT molecular complexity index is 882. The number of anilines is 1. The van der Waals surface area contributed by atoms with Crippen molar-refractivity contribution in [3.05, 3.63) is 64.0 Å². The van der Waals surface area contributed by atoms with E-state index in [0.717, 1.165) is 17.8 Å². The Morgan fingerprint density at radius 3 is 2.55 bits per heavy atom. The van der Waals surface area contributed by atoms with Crippen molar-refractivity contribution in [3.63, 3.8) is 0 Å². The smallest absolute Gasteiger partial charge is 0.366 e. The largest absolute Gasteiger partial charge is 0.416 e. The molecule has 1 aromatic heterocycles. The first-order valence-electron chi connectivity index (χ1n) is 9.04. The van der Waals surface area contributed by atoms with Crippen LogP contribution in [0, 0.1) is 16.0 Å². The second-order valence-corrected chi connectivity index (χ2v) is 6.76. The molecule has 0 saturated carbocycles. The highest BCUT2D eigenvalue weighted by molar-refractivity contribution is 5.79. The monoisotopic (exact) mass is 408 g/mol. The molecule has 2 aromatic rings. The third-order valence-corrected chi connectivity index (χ3v) is 4.88. The summed E-state index contributed by atoms with van der Waals surface area (Å²) in [7, 11) is 0. The van der Waals surface area contributed by atoms with Crippen molar-refractivity contribution in [2.75, 3.05) is 18.0 Å². The molecular formula is C19H19F3N4O3. The van der Waals surface area contributed by atoms with E-state index < -0.39 is 22.4 Å². The van der Waals surface area contributed by atoms with Gasteiger partial charge in [-0.25, -0.2) is 0 Å². The SMILES string of the molecule is O=C(NCc1ccccn1)C1CCN(c2ccc(C(F)(F)F)cc2[N+](=O)[O-])CC1. The number of carbonyl (C=O) groups excluding carboxylic acids is 1. The fourth-order valence-electron chi connectivity index (χ4n) is 3.32.